The lowest BCUT2D eigenvalue weighted by molar-refractivity contribution is -0.122. The Morgan fingerprint density at radius 2 is 2.16 bits per heavy atom. The van der Waals surface area contributed by atoms with E-state index in [1.807, 2.05) is 35.8 Å². The fourth-order valence-corrected chi connectivity index (χ4v) is 4.16. The van der Waals surface area contributed by atoms with Crippen LogP contribution in [0.15, 0.2) is 29.4 Å². The highest BCUT2D eigenvalue weighted by molar-refractivity contribution is 7.99. The van der Waals surface area contributed by atoms with Gasteiger partial charge in [-0.1, -0.05) is 30.0 Å². The highest BCUT2D eigenvalue weighted by atomic mass is 32.2. The maximum Gasteiger partial charge on any atom is 0.232 e. The molecule has 0 bridgehead atoms. The minimum absolute atomic E-state index is 0.0201. The number of para-hydroxylation sites is 1. The van der Waals surface area contributed by atoms with Gasteiger partial charge in [0.2, 0.25) is 17.8 Å². The molecule has 1 fully saturated rings. The monoisotopic (exact) mass is 357 g/mol. The SMILES string of the molecule is Cc1ccccc1N1CC(C(=O)Nc2nnc3n2CCCS3)CC1=O. The molecule has 2 aliphatic rings. The van der Waals surface area contributed by atoms with E-state index in [9.17, 15) is 9.59 Å². The summed E-state index contributed by atoms with van der Waals surface area (Å²) in [5, 5.41) is 11.9. The second-order valence-corrected chi connectivity index (χ2v) is 7.40. The minimum Gasteiger partial charge on any atom is -0.311 e. The molecule has 0 spiro atoms. The van der Waals surface area contributed by atoms with Crippen molar-refractivity contribution in [1.82, 2.24) is 14.8 Å². The van der Waals surface area contributed by atoms with Gasteiger partial charge in [0.25, 0.3) is 0 Å². The molecular weight excluding hydrogens is 338 g/mol. The van der Waals surface area contributed by atoms with Crippen molar-refractivity contribution in [1.29, 1.82) is 0 Å². The van der Waals surface area contributed by atoms with Crippen molar-refractivity contribution in [2.75, 3.05) is 22.5 Å². The normalized spacial score (nSPS) is 19.8. The average molecular weight is 357 g/mol. The molecule has 1 atom stereocenters. The Kier molecular flexibility index (Phi) is 4.20. The Balaban J connectivity index is 1.48. The number of aromatic nitrogens is 3. The molecule has 4 rings (SSSR count). The lowest BCUT2D eigenvalue weighted by Crippen LogP contribution is -2.29. The van der Waals surface area contributed by atoms with E-state index in [0.717, 1.165) is 35.1 Å². The van der Waals surface area contributed by atoms with Crippen LogP contribution in [0.3, 0.4) is 0 Å². The van der Waals surface area contributed by atoms with Crippen molar-refractivity contribution in [3.05, 3.63) is 29.8 Å². The summed E-state index contributed by atoms with van der Waals surface area (Å²) in [5.41, 5.74) is 1.90. The molecule has 130 valence electrons. The van der Waals surface area contributed by atoms with E-state index in [0.29, 0.717) is 12.5 Å². The molecule has 2 aromatic rings. The van der Waals surface area contributed by atoms with Crippen molar-refractivity contribution in [2.45, 2.75) is 31.5 Å². The van der Waals surface area contributed by atoms with E-state index in [-0.39, 0.29) is 24.2 Å². The summed E-state index contributed by atoms with van der Waals surface area (Å²) in [4.78, 5) is 26.7. The molecule has 1 aromatic heterocycles. The zero-order chi connectivity index (χ0) is 17.4. The predicted molar refractivity (Wildman–Crippen MR) is 95.6 cm³/mol. The molecule has 1 unspecified atom stereocenters. The smallest absolute Gasteiger partial charge is 0.232 e. The molecule has 1 saturated heterocycles. The molecule has 25 heavy (non-hydrogen) atoms. The first-order chi connectivity index (χ1) is 12.1. The number of hydrogen-bond acceptors (Lipinski definition) is 5. The van der Waals surface area contributed by atoms with Crippen LogP contribution >= 0.6 is 11.8 Å². The number of thioether (sulfide) groups is 1. The maximum atomic E-state index is 12.6. The fraction of sp³-hybridized carbons (Fsp3) is 0.412. The third kappa shape index (κ3) is 3.02. The van der Waals surface area contributed by atoms with Crippen molar-refractivity contribution < 1.29 is 9.59 Å². The van der Waals surface area contributed by atoms with E-state index in [2.05, 4.69) is 15.5 Å². The second-order valence-electron chi connectivity index (χ2n) is 6.34. The van der Waals surface area contributed by atoms with Gasteiger partial charge >= 0.3 is 0 Å². The van der Waals surface area contributed by atoms with Gasteiger partial charge in [0, 0.05) is 31.0 Å². The molecule has 1 aromatic carbocycles. The first-order valence-electron chi connectivity index (χ1n) is 8.36. The van der Waals surface area contributed by atoms with Gasteiger partial charge in [0.15, 0.2) is 5.16 Å². The number of carbonyl (C=O) groups excluding carboxylic acids is 2. The van der Waals surface area contributed by atoms with Crippen LogP contribution in [-0.4, -0.2) is 38.9 Å². The Morgan fingerprint density at radius 1 is 1.32 bits per heavy atom. The Morgan fingerprint density at radius 3 is 3.00 bits per heavy atom. The fourth-order valence-electron chi connectivity index (χ4n) is 3.27. The topological polar surface area (TPSA) is 80.1 Å². The number of carbonyl (C=O) groups is 2. The van der Waals surface area contributed by atoms with Crippen molar-refractivity contribution in [2.24, 2.45) is 5.92 Å². The zero-order valence-corrected chi connectivity index (χ0v) is 14.8. The van der Waals surface area contributed by atoms with Crippen LogP contribution in [0.1, 0.15) is 18.4 Å². The van der Waals surface area contributed by atoms with Crippen LogP contribution in [0.25, 0.3) is 0 Å². The van der Waals surface area contributed by atoms with Gasteiger partial charge in [-0.05, 0) is 25.0 Å². The Labute approximate surface area is 149 Å². The first-order valence-corrected chi connectivity index (χ1v) is 9.35. The third-order valence-electron chi connectivity index (χ3n) is 4.61. The van der Waals surface area contributed by atoms with Crippen LogP contribution in [-0.2, 0) is 16.1 Å². The number of hydrogen-bond donors (Lipinski definition) is 1. The van der Waals surface area contributed by atoms with E-state index in [4.69, 9.17) is 0 Å². The maximum absolute atomic E-state index is 12.6. The van der Waals surface area contributed by atoms with Gasteiger partial charge in [-0.25, -0.2) is 0 Å². The van der Waals surface area contributed by atoms with Crippen LogP contribution in [0.5, 0.6) is 0 Å². The summed E-state index contributed by atoms with van der Waals surface area (Å²) < 4.78 is 1.93. The molecule has 8 heteroatoms. The summed E-state index contributed by atoms with van der Waals surface area (Å²) in [6.45, 7) is 3.17. The van der Waals surface area contributed by atoms with Crippen LogP contribution in [0.2, 0.25) is 0 Å². The molecule has 7 nitrogen and oxygen atoms in total. The standard InChI is InChI=1S/C17H19N5O2S/c1-11-5-2-3-6-13(11)22-10-12(9-14(22)23)15(24)18-16-19-20-17-21(16)7-4-8-25-17/h2-3,5-6,12H,4,7-10H2,1H3,(H,18,19,24). The van der Waals surface area contributed by atoms with E-state index in [1.165, 1.54) is 0 Å². The second kappa shape index (κ2) is 6.51. The number of fused-ring (bicyclic) bond motifs is 1. The lowest BCUT2D eigenvalue weighted by atomic mass is 10.1. The lowest BCUT2D eigenvalue weighted by Gasteiger charge is -2.19. The van der Waals surface area contributed by atoms with E-state index >= 15 is 0 Å². The Bertz CT molecular complexity index is 834. The highest BCUT2D eigenvalue weighted by Crippen LogP contribution is 2.29. The molecule has 0 radical (unpaired) electrons. The number of anilines is 2. The first kappa shape index (κ1) is 16.1. The van der Waals surface area contributed by atoms with E-state index in [1.54, 1.807) is 16.7 Å². The number of rotatable bonds is 3. The van der Waals surface area contributed by atoms with Gasteiger partial charge in [0.05, 0.1) is 5.92 Å². The van der Waals surface area contributed by atoms with Crippen molar-refractivity contribution in [3.63, 3.8) is 0 Å². The summed E-state index contributed by atoms with van der Waals surface area (Å²) in [5.74, 6) is 0.933. The highest BCUT2D eigenvalue weighted by Gasteiger charge is 2.36. The quantitative estimate of drug-likeness (QED) is 0.910. The van der Waals surface area contributed by atoms with Gasteiger partial charge in [-0.2, -0.15) is 0 Å². The zero-order valence-electron chi connectivity index (χ0n) is 13.9. The van der Waals surface area contributed by atoms with Crippen molar-refractivity contribution in [3.8, 4) is 0 Å². The molecule has 1 N–H and O–H groups in total. The van der Waals surface area contributed by atoms with E-state index < -0.39 is 0 Å². The number of amides is 2. The number of benzene rings is 1. The minimum atomic E-state index is -0.378. The summed E-state index contributed by atoms with van der Waals surface area (Å²) in [7, 11) is 0. The van der Waals surface area contributed by atoms with Gasteiger partial charge in [-0.15, -0.1) is 10.2 Å². The molecule has 2 amide bonds. The summed E-state index contributed by atoms with van der Waals surface area (Å²) in [6, 6.07) is 7.73. The van der Waals surface area contributed by atoms with Gasteiger partial charge in [-0.3, -0.25) is 19.5 Å². The van der Waals surface area contributed by atoms with Crippen LogP contribution < -0.4 is 10.2 Å². The largest absolute Gasteiger partial charge is 0.311 e. The molecule has 2 aliphatic heterocycles. The predicted octanol–water partition coefficient (Wildman–Crippen LogP) is 2.07. The number of nitrogens with zero attached hydrogens (tertiary/aromatic N) is 4. The van der Waals surface area contributed by atoms with Crippen LogP contribution in [0.4, 0.5) is 11.6 Å². The molecule has 0 saturated carbocycles. The summed E-state index contributed by atoms with van der Waals surface area (Å²) in [6.07, 6.45) is 1.25. The Hall–Kier alpha value is -2.35. The number of aryl methyl sites for hydroxylation is 1. The van der Waals surface area contributed by atoms with Crippen molar-refractivity contribution >= 4 is 35.2 Å². The van der Waals surface area contributed by atoms with Gasteiger partial charge in [0.1, 0.15) is 0 Å². The molecular formula is C17H19N5O2S. The van der Waals surface area contributed by atoms with Crippen LogP contribution in [0, 0.1) is 12.8 Å². The number of nitrogens with one attached hydrogen (secondary N) is 1. The molecule has 0 aliphatic carbocycles. The molecule has 3 heterocycles. The third-order valence-corrected chi connectivity index (χ3v) is 5.66. The van der Waals surface area contributed by atoms with Gasteiger partial charge < -0.3 is 4.90 Å². The average Bonchev–Trinajstić information content (AvgIpc) is 3.20. The summed E-state index contributed by atoms with van der Waals surface area (Å²) >= 11 is 1.64.